The van der Waals surface area contributed by atoms with Gasteiger partial charge in [0.15, 0.2) is 0 Å². The molecule has 1 atom stereocenters. The first-order valence-electron chi connectivity index (χ1n) is 5.52. The van der Waals surface area contributed by atoms with Crippen molar-refractivity contribution in [1.82, 2.24) is 24.6 Å². The van der Waals surface area contributed by atoms with Crippen LogP contribution in [0.15, 0.2) is 18.7 Å². The van der Waals surface area contributed by atoms with Gasteiger partial charge in [0.1, 0.15) is 0 Å². The minimum absolute atomic E-state index is 0.0267. The van der Waals surface area contributed by atoms with Gasteiger partial charge in [-0.2, -0.15) is 5.10 Å². The summed E-state index contributed by atoms with van der Waals surface area (Å²) in [5.41, 5.74) is 1.88. The van der Waals surface area contributed by atoms with Crippen molar-refractivity contribution in [3.63, 3.8) is 0 Å². The topological polar surface area (TPSA) is 47.7 Å². The minimum Gasteiger partial charge on any atom is -0.340 e. The summed E-state index contributed by atoms with van der Waals surface area (Å²) in [6, 6.07) is -0.0267. The quantitative estimate of drug-likeness (QED) is 0.899. The number of imidazole rings is 1. The molecule has 2 aromatic rings. The highest BCUT2D eigenvalue weighted by Crippen LogP contribution is 2.26. The van der Waals surface area contributed by atoms with Gasteiger partial charge >= 0.3 is 0 Å². The van der Waals surface area contributed by atoms with Crippen LogP contribution in [0.25, 0.3) is 0 Å². The Morgan fingerprint density at radius 3 is 2.71 bits per heavy atom. The number of halogens is 1. The van der Waals surface area contributed by atoms with E-state index in [-0.39, 0.29) is 6.04 Å². The molecule has 0 radical (unpaired) electrons. The zero-order valence-electron chi connectivity index (χ0n) is 10.2. The highest BCUT2D eigenvalue weighted by molar-refractivity contribution is 6.31. The van der Waals surface area contributed by atoms with E-state index >= 15 is 0 Å². The molecule has 0 aliphatic heterocycles. The molecule has 2 heterocycles. The van der Waals surface area contributed by atoms with Crippen molar-refractivity contribution in [3.05, 3.63) is 35.1 Å². The molecule has 2 rings (SSSR count). The first-order valence-corrected chi connectivity index (χ1v) is 5.90. The van der Waals surface area contributed by atoms with Crippen LogP contribution in [0.2, 0.25) is 5.02 Å². The molecule has 0 fully saturated rings. The molecule has 2 aromatic heterocycles. The molecule has 92 valence electrons. The number of aryl methyl sites for hydroxylation is 2. The molecule has 0 aliphatic rings. The van der Waals surface area contributed by atoms with Crippen molar-refractivity contribution in [2.45, 2.75) is 13.0 Å². The summed E-state index contributed by atoms with van der Waals surface area (Å²) in [6.45, 7) is 2.89. The summed E-state index contributed by atoms with van der Waals surface area (Å²) in [4.78, 5) is 4.37. The lowest BCUT2D eigenvalue weighted by Gasteiger charge is -2.16. The zero-order valence-corrected chi connectivity index (χ0v) is 10.9. The molecule has 0 saturated carbocycles. The smallest absolute Gasteiger partial charge is 0.0952 e. The molecule has 1 unspecified atom stereocenters. The third kappa shape index (κ3) is 2.35. The highest BCUT2D eigenvalue weighted by atomic mass is 35.5. The standard InChI is InChI=1S/C11H16ClN5/c1-4-13-10(9-6-16(2)7-14-9)11-8(12)5-15-17(11)3/h5-7,10,13H,4H2,1-3H3. The van der Waals surface area contributed by atoms with E-state index in [0.29, 0.717) is 5.02 Å². The molecule has 1 N–H and O–H groups in total. The van der Waals surface area contributed by atoms with E-state index in [4.69, 9.17) is 11.6 Å². The van der Waals surface area contributed by atoms with E-state index in [1.807, 2.05) is 24.9 Å². The van der Waals surface area contributed by atoms with Gasteiger partial charge in [-0.15, -0.1) is 0 Å². The summed E-state index contributed by atoms with van der Waals surface area (Å²) in [7, 11) is 3.83. The molecule has 17 heavy (non-hydrogen) atoms. The fraction of sp³-hybridized carbons (Fsp3) is 0.455. The minimum atomic E-state index is -0.0267. The lowest BCUT2D eigenvalue weighted by atomic mass is 10.1. The summed E-state index contributed by atoms with van der Waals surface area (Å²) in [6.07, 6.45) is 5.42. The van der Waals surface area contributed by atoms with Crippen LogP contribution in [0.3, 0.4) is 0 Å². The van der Waals surface area contributed by atoms with Gasteiger partial charge in [0.25, 0.3) is 0 Å². The second-order valence-electron chi connectivity index (χ2n) is 3.96. The molecule has 0 bridgehead atoms. The van der Waals surface area contributed by atoms with Gasteiger partial charge in [-0.3, -0.25) is 4.68 Å². The number of hydrogen-bond acceptors (Lipinski definition) is 3. The van der Waals surface area contributed by atoms with Crippen LogP contribution in [0, 0.1) is 0 Å². The summed E-state index contributed by atoms with van der Waals surface area (Å²) < 4.78 is 3.70. The summed E-state index contributed by atoms with van der Waals surface area (Å²) in [5, 5.41) is 8.19. The van der Waals surface area contributed by atoms with Crippen LogP contribution >= 0.6 is 11.6 Å². The summed E-state index contributed by atoms with van der Waals surface area (Å²) >= 11 is 6.17. The van der Waals surface area contributed by atoms with Crippen LogP contribution in [-0.2, 0) is 14.1 Å². The second kappa shape index (κ2) is 4.89. The van der Waals surface area contributed by atoms with Gasteiger partial charge in [0.05, 0.1) is 35.0 Å². The number of nitrogens with zero attached hydrogens (tertiary/aromatic N) is 4. The molecular weight excluding hydrogens is 238 g/mol. The molecular formula is C11H16ClN5. The van der Waals surface area contributed by atoms with E-state index in [9.17, 15) is 0 Å². The molecule has 5 nitrogen and oxygen atoms in total. The predicted octanol–water partition coefficient (Wildman–Crippen LogP) is 1.51. The van der Waals surface area contributed by atoms with Crippen molar-refractivity contribution >= 4 is 11.6 Å². The van der Waals surface area contributed by atoms with Crippen molar-refractivity contribution < 1.29 is 0 Å². The molecule has 0 aromatic carbocycles. The summed E-state index contributed by atoms with van der Waals surface area (Å²) in [5.74, 6) is 0. The third-order valence-electron chi connectivity index (χ3n) is 2.64. The Morgan fingerprint density at radius 2 is 2.24 bits per heavy atom. The van der Waals surface area contributed by atoms with Gasteiger partial charge in [0, 0.05) is 20.3 Å². The van der Waals surface area contributed by atoms with Crippen LogP contribution in [0.1, 0.15) is 24.4 Å². The maximum atomic E-state index is 6.17. The van der Waals surface area contributed by atoms with Gasteiger partial charge in [-0.1, -0.05) is 18.5 Å². The lowest BCUT2D eigenvalue weighted by Crippen LogP contribution is -2.24. The van der Waals surface area contributed by atoms with Crippen LogP contribution in [0.4, 0.5) is 0 Å². The number of aromatic nitrogens is 4. The Bertz CT molecular complexity index is 482. The van der Waals surface area contributed by atoms with E-state index in [1.54, 1.807) is 17.2 Å². The first kappa shape index (κ1) is 12.1. The van der Waals surface area contributed by atoms with Gasteiger partial charge in [0.2, 0.25) is 0 Å². The third-order valence-corrected chi connectivity index (χ3v) is 2.93. The SMILES string of the molecule is CCNC(c1cn(C)cn1)c1c(Cl)cnn1C. The average molecular weight is 254 g/mol. The van der Waals surface area contributed by atoms with Crippen LogP contribution in [-0.4, -0.2) is 25.9 Å². The molecule has 6 heteroatoms. The maximum Gasteiger partial charge on any atom is 0.0952 e. The van der Waals surface area contributed by atoms with E-state index in [1.165, 1.54) is 0 Å². The van der Waals surface area contributed by atoms with Gasteiger partial charge in [-0.25, -0.2) is 4.98 Å². The van der Waals surface area contributed by atoms with Crippen molar-refractivity contribution in [2.75, 3.05) is 6.54 Å². The Hall–Kier alpha value is -1.33. The molecule has 0 spiro atoms. The highest BCUT2D eigenvalue weighted by Gasteiger charge is 2.21. The number of hydrogen-bond donors (Lipinski definition) is 1. The van der Waals surface area contributed by atoms with E-state index in [0.717, 1.165) is 17.9 Å². The molecule has 0 aliphatic carbocycles. The average Bonchev–Trinajstić information content (AvgIpc) is 2.84. The van der Waals surface area contributed by atoms with Crippen molar-refractivity contribution in [2.24, 2.45) is 14.1 Å². The Morgan fingerprint density at radius 1 is 1.47 bits per heavy atom. The predicted molar refractivity (Wildman–Crippen MR) is 66.9 cm³/mol. The lowest BCUT2D eigenvalue weighted by molar-refractivity contribution is 0.563. The normalized spacial score (nSPS) is 12.9. The fourth-order valence-corrected chi connectivity index (χ4v) is 2.15. The van der Waals surface area contributed by atoms with E-state index in [2.05, 4.69) is 22.3 Å². The number of rotatable bonds is 4. The fourth-order valence-electron chi connectivity index (χ4n) is 1.87. The molecule has 0 saturated heterocycles. The van der Waals surface area contributed by atoms with Crippen molar-refractivity contribution in [3.8, 4) is 0 Å². The second-order valence-corrected chi connectivity index (χ2v) is 4.36. The van der Waals surface area contributed by atoms with Gasteiger partial charge in [-0.05, 0) is 6.54 Å². The zero-order chi connectivity index (χ0) is 12.4. The van der Waals surface area contributed by atoms with E-state index < -0.39 is 0 Å². The Balaban J connectivity index is 2.42. The number of nitrogens with one attached hydrogen (secondary N) is 1. The van der Waals surface area contributed by atoms with Crippen LogP contribution in [0.5, 0.6) is 0 Å². The monoisotopic (exact) mass is 253 g/mol. The molecule has 0 amide bonds. The van der Waals surface area contributed by atoms with Crippen LogP contribution < -0.4 is 5.32 Å². The van der Waals surface area contributed by atoms with Gasteiger partial charge < -0.3 is 9.88 Å². The Kier molecular flexibility index (Phi) is 3.49. The largest absolute Gasteiger partial charge is 0.340 e. The maximum absolute atomic E-state index is 6.17. The first-order chi connectivity index (χ1) is 8.13. The Labute approximate surface area is 105 Å². The van der Waals surface area contributed by atoms with Crippen molar-refractivity contribution in [1.29, 1.82) is 0 Å².